The molecule has 0 aliphatic heterocycles. The van der Waals surface area contributed by atoms with Crippen LogP contribution < -0.4 is 5.32 Å². The number of hydrogen-bond donors (Lipinski definition) is 1. The van der Waals surface area contributed by atoms with Gasteiger partial charge in [0.2, 0.25) is 0 Å². The van der Waals surface area contributed by atoms with Crippen LogP contribution in [0.5, 0.6) is 0 Å². The summed E-state index contributed by atoms with van der Waals surface area (Å²) >= 11 is 1.56. The van der Waals surface area contributed by atoms with E-state index in [9.17, 15) is 4.79 Å². The summed E-state index contributed by atoms with van der Waals surface area (Å²) in [6.07, 6.45) is 9.49. The van der Waals surface area contributed by atoms with Crippen LogP contribution in [-0.4, -0.2) is 27.3 Å². The summed E-state index contributed by atoms with van der Waals surface area (Å²) in [5.41, 5.74) is 2.54. The van der Waals surface area contributed by atoms with Crippen molar-refractivity contribution in [1.29, 1.82) is 0 Å². The van der Waals surface area contributed by atoms with E-state index < -0.39 is 0 Å². The van der Waals surface area contributed by atoms with Crippen LogP contribution in [0.3, 0.4) is 0 Å². The smallest absolute Gasteiger partial charge is 0.252 e. The molecule has 0 aliphatic carbocycles. The molecule has 1 N–H and O–H groups in total. The van der Waals surface area contributed by atoms with Crippen molar-refractivity contribution in [2.45, 2.75) is 9.79 Å². The van der Waals surface area contributed by atoms with E-state index in [1.165, 1.54) is 0 Å². The van der Waals surface area contributed by atoms with Crippen LogP contribution in [0, 0.1) is 0 Å². The van der Waals surface area contributed by atoms with E-state index in [-0.39, 0.29) is 5.91 Å². The number of carbonyl (C=O) groups excluding carboxylic acids is 1. The second-order valence-corrected chi connectivity index (χ2v) is 7.15. The highest BCUT2D eigenvalue weighted by Gasteiger charge is 2.11. The Morgan fingerprint density at radius 3 is 2.75 bits per heavy atom. The number of fused-ring (bicyclic) bond motifs is 1. The first-order valence-corrected chi connectivity index (χ1v) is 9.61. The number of carbonyl (C=O) groups is 1. The van der Waals surface area contributed by atoms with Gasteiger partial charge in [0.05, 0.1) is 23.0 Å². The van der Waals surface area contributed by atoms with Gasteiger partial charge in [-0.25, -0.2) is 4.98 Å². The zero-order valence-electron chi connectivity index (χ0n) is 15.2. The summed E-state index contributed by atoms with van der Waals surface area (Å²) < 4.78 is 2.02. The number of nitrogens with zero attached hydrogens (tertiary/aromatic N) is 3. The van der Waals surface area contributed by atoms with Crippen molar-refractivity contribution < 1.29 is 4.79 Å². The van der Waals surface area contributed by atoms with Crippen molar-refractivity contribution in [3.8, 4) is 0 Å². The number of rotatable bonds is 5. The second-order valence-electron chi connectivity index (χ2n) is 6.04. The quantitative estimate of drug-likeness (QED) is 0.552. The fraction of sp³-hybridized carbons (Fsp3) is 0.0455. The Hall–Kier alpha value is -3.38. The van der Waals surface area contributed by atoms with Gasteiger partial charge >= 0.3 is 0 Å². The molecular formula is C22H18N4OS. The third-order valence-corrected chi connectivity index (χ3v) is 5.28. The molecule has 0 saturated carbocycles. The van der Waals surface area contributed by atoms with E-state index in [0.29, 0.717) is 5.56 Å². The Labute approximate surface area is 167 Å². The third kappa shape index (κ3) is 3.82. The number of amides is 1. The van der Waals surface area contributed by atoms with Crippen molar-refractivity contribution in [3.63, 3.8) is 0 Å². The van der Waals surface area contributed by atoms with Crippen molar-refractivity contribution in [1.82, 2.24) is 19.7 Å². The highest BCUT2D eigenvalue weighted by Crippen LogP contribution is 2.31. The molecule has 4 rings (SSSR count). The molecule has 0 aliphatic rings. The molecule has 5 nitrogen and oxygen atoms in total. The van der Waals surface area contributed by atoms with Gasteiger partial charge in [-0.3, -0.25) is 9.78 Å². The molecule has 0 fully saturated rings. The summed E-state index contributed by atoms with van der Waals surface area (Å²) in [6.45, 7) is 0. The Morgan fingerprint density at radius 1 is 1.07 bits per heavy atom. The van der Waals surface area contributed by atoms with Crippen molar-refractivity contribution in [2.75, 3.05) is 7.05 Å². The zero-order valence-corrected chi connectivity index (χ0v) is 16.1. The zero-order chi connectivity index (χ0) is 19.3. The van der Waals surface area contributed by atoms with Gasteiger partial charge in [-0.15, -0.1) is 0 Å². The van der Waals surface area contributed by atoms with Gasteiger partial charge in [-0.05, 0) is 48.6 Å². The monoisotopic (exact) mass is 386 g/mol. The molecule has 1 amide bonds. The van der Waals surface area contributed by atoms with Gasteiger partial charge in [0.1, 0.15) is 5.82 Å². The topological polar surface area (TPSA) is 59.3 Å². The van der Waals surface area contributed by atoms with E-state index >= 15 is 0 Å². The van der Waals surface area contributed by atoms with Gasteiger partial charge in [-0.2, -0.15) is 0 Å². The lowest BCUT2D eigenvalue weighted by molar-refractivity contribution is 0.0960. The van der Waals surface area contributed by atoms with Crippen LogP contribution in [0.1, 0.15) is 21.9 Å². The lowest BCUT2D eigenvalue weighted by Gasteiger charge is -2.08. The minimum Gasteiger partial charge on any atom is -0.355 e. The predicted molar refractivity (Wildman–Crippen MR) is 112 cm³/mol. The van der Waals surface area contributed by atoms with Gasteiger partial charge in [0.25, 0.3) is 5.91 Å². The van der Waals surface area contributed by atoms with Crippen LogP contribution in [0.4, 0.5) is 0 Å². The highest BCUT2D eigenvalue weighted by atomic mass is 32.2. The molecule has 1 aromatic carbocycles. The fourth-order valence-corrected chi connectivity index (χ4v) is 3.81. The number of hydrogen-bond acceptors (Lipinski definition) is 4. The molecule has 3 aromatic heterocycles. The Balaban J connectivity index is 1.60. The molecule has 28 heavy (non-hydrogen) atoms. The first-order valence-electron chi connectivity index (χ1n) is 8.80. The van der Waals surface area contributed by atoms with Gasteiger partial charge in [0, 0.05) is 29.2 Å². The van der Waals surface area contributed by atoms with Crippen LogP contribution in [0.15, 0.2) is 83.0 Å². The molecular weight excluding hydrogens is 368 g/mol. The molecule has 6 heteroatoms. The van der Waals surface area contributed by atoms with Gasteiger partial charge in [-0.1, -0.05) is 30.0 Å². The molecule has 4 aromatic rings. The number of pyridine rings is 2. The minimum atomic E-state index is -0.0875. The maximum Gasteiger partial charge on any atom is 0.252 e. The van der Waals surface area contributed by atoms with Gasteiger partial charge < -0.3 is 9.72 Å². The molecule has 0 bridgehead atoms. The largest absolute Gasteiger partial charge is 0.355 e. The summed E-state index contributed by atoms with van der Waals surface area (Å²) in [5.74, 6) is 0.749. The number of benzene rings is 1. The first-order chi connectivity index (χ1) is 13.7. The van der Waals surface area contributed by atoms with E-state index in [4.69, 9.17) is 0 Å². The average Bonchev–Trinajstić information content (AvgIpc) is 3.15. The molecule has 3 heterocycles. The van der Waals surface area contributed by atoms with E-state index in [0.717, 1.165) is 26.8 Å². The van der Waals surface area contributed by atoms with Crippen molar-refractivity contribution in [2.24, 2.45) is 0 Å². The lowest BCUT2D eigenvalue weighted by Crippen LogP contribution is -2.18. The summed E-state index contributed by atoms with van der Waals surface area (Å²) in [6, 6.07) is 17.5. The number of imidazole rings is 1. The summed E-state index contributed by atoms with van der Waals surface area (Å²) in [5, 5.41) is 2.69. The Morgan fingerprint density at radius 2 is 1.93 bits per heavy atom. The lowest BCUT2D eigenvalue weighted by atomic mass is 10.2. The third-order valence-electron chi connectivity index (χ3n) is 4.21. The minimum absolute atomic E-state index is 0.0875. The molecule has 0 radical (unpaired) electrons. The van der Waals surface area contributed by atoms with E-state index in [1.54, 1.807) is 25.0 Å². The molecule has 0 atom stereocenters. The molecule has 138 valence electrons. The number of nitrogens with one attached hydrogen (secondary N) is 1. The first kappa shape index (κ1) is 18.0. The second kappa shape index (κ2) is 8.10. The van der Waals surface area contributed by atoms with Crippen LogP contribution in [0.25, 0.3) is 17.7 Å². The fourth-order valence-electron chi connectivity index (χ4n) is 2.83. The Kier molecular flexibility index (Phi) is 5.21. The predicted octanol–water partition coefficient (Wildman–Crippen LogP) is 4.41. The SMILES string of the molecule is CNC(=O)c1ccccc1Sc1ccn2c(/C=C/c3ccccn3)ncc2c1. The summed E-state index contributed by atoms with van der Waals surface area (Å²) in [7, 11) is 1.64. The summed E-state index contributed by atoms with van der Waals surface area (Å²) in [4.78, 5) is 22.8. The molecule has 0 spiro atoms. The van der Waals surface area contributed by atoms with Gasteiger partial charge in [0.15, 0.2) is 0 Å². The van der Waals surface area contributed by atoms with Crippen LogP contribution in [0.2, 0.25) is 0 Å². The van der Waals surface area contributed by atoms with E-state index in [1.807, 2.05) is 77.5 Å². The van der Waals surface area contributed by atoms with Crippen molar-refractivity contribution in [3.05, 3.63) is 90.3 Å². The highest BCUT2D eigenvalue weighted by molar-refractivity contribution is 7.99. The maximum absolute atomic E-state index is 12.1. The van der Waals surface area contributed by atoms with Crippen LogP contribution in [-0.2, 0) is 0 Å². The molecule has 0 saturated heterocycles. The van der Waals surface area contributed by atoms with E-state index in [2.05, 4.69) is 21.4 Å². The average molecular weight is 386 g/mol. The van der Waals surface area contributed by atoms with Crippen LogP contribution >= 0.6 is 11.8 Å². The normalized spacial score (nSPS) is 11.2. The number of aromatic nitrogens is 3. The maximum atomic E-state index is 12.1. The standard InChI is InChI=1S/C22H18N4OS/c1-23-22(27)19-7-2-3-8-20(19)28-18-11-13-26-17(14-18)15-25-21(26)10-9-16-6-4-5-12-24-16/h2-15H,1H3,(H,23,27)/b10-9+. The Bertz CT molecular complexity index is 1150. The molecule has 0 unspecified atom stereocenters. The van der Waals surface area contributed by atoms with Crippen molar-refractivity contribution >= 4 is 35.3 Å².